The maximum atomic E-state index is 11.3. The summed E-state index contributed by atoms with van der Waals surface area (Å²) < 4.78 is 1.93. The Balaban J connectivity index is 2.44. The molecule has 0 saturated heterocycles. The van der Waals surface area contributed by atoms with Gasteiger partial charge in [-0.1, -0.05) is 0 Å². The summed E-state index contributed by atoms with van der Waals surface area (Å²) in [7, 11) is 1.92. The van der Waals surface area contributed by atoms with Crippen LogP contribution < -0.4 is 0 Å². The summed E-state index contributed by atoms with van der Waals surface area (Å²) >= 11 is 1.60. The minimum Gasteiger partial charge on any atom is -0.358 e. The molecule has 0 atom stereocenters. The van der Waals surface area contributed by atoms with Crippen molar-refractivity contribution in [1.29, 1.82) is 0 Å². The van der Waals surface area contributed by atoms with E-state index in [0.29, 0.717) is 6.54 Å². The van der Waals surface area contributed by atoms with E-state index in [-0.39, 0.29) is 5.78 Å². The Hall–Kier alpha value is -0.740. The summed E-state index contributed by atoms with van der Waals surface area (Å²) in [5, 5.41) is 0. The van der Waals surface area contributed by atoms with Crippen LogP contribution in [0, 0.1) is 0 Å². The van der Waals surface area contributed by atoms with E-state index in [4.69, 9.17) is 0 Å². The standard InChI is InChI=1S/C7H8N2OS/c1-9-4-5(10)7-6(11-9)2-3-8-7/h2-3,8H,4H2,1H3. The Morgan fingerprint density at radius 2 is 2.55 bits per heavy atom. The second-order valence-electron chi connectivity index (χ2n) is 2.52. The molecular formula is C7H8N2OS. The van der Waals surface area contributed by atoms with Gasteiger partial charge in [0, 0.05) is 6.20 Å². The van der Waals surface area contributed by atoms with Crippen molar-refractivity contribution in [2.75, 3.05) is 13.6 Å². The number of H-pyrrole nitrogens is 1. The normalized spacial score (nSPS) is 18.5. The molecule has 0 saturated carbocycles. The van der Waals surface area contributed by atoms with E-state index >= 15 is 0 Å². The molecule has 58 valence electrons. The first kappa shape index (κ1) is 6.94. The molecule has 0 aliphatic carbocycles. The molecule has 3 nitrogen and oxygen atoms in total. The third-order valence-corrected chi connectivity index (χ3v) is 2.59. The van der Waals surface area contributed by atoms with E-state index in [1.165, 1.54) is 0 Å². The van der Waals surface area contributed by atoms with Gasteiger partial charge in [0.25, 0.3) is 0 Å². The van der Waals surface area contributed by atoms with Crippen LogP contribution in [0.2, 0.25) is 0 Å². The number of carbonyl (C=O) groups is 1. The quantitative estimate of drug-likeness (QED) is 0.590. The molecule has 2 heterocycles. The van der Waals surface area contributed by atoms with Crippen LogP contribution >= 0.6 is 11.9 Å². The van der Waals surface area contributed by atoms with Crippen LogP contribution in [0.15, 0.2) is 17.2 Å². The lowest BCUT2D eigenvalue weighted by Gasteiger charge is -2.19. The molecule has 0 spiro atoms. The number of likely N-dealkylation sites (N-methyl/N-ethyl adjacent to an activating group) is 1. The van der Waals surface area contributed by atoms with Gasteiger partial charge < -0.3 is 4.98 Å². The highest BCUT2D eigenvalue weighted by atomic mass is 32.2. The molecule has 2 rings (SSSR count). The molecule has 0 aromatic carbocycles. The van der Waals surface area contributed by atoms with E-state index in [9.17, 15) is 4.79 Å². The molecule has 0 fully saturated rings. The predicted molar refractivity (Wildman–Crippen MR) is 43.6 cm³/mol. The largest absolute Gasteiger partial charge is 0.358 e. The Kier molecular flexibility index (Phi) is 1.51. The molecule has 1 N–H and O–H groups in total. The van der Waals surface area contributed by atoms with Crippen LogP contribution in [0.4, 0.5) is 0 Å². The highest BCUT2D eigenvalue weighted by Gasteiger charge is 2.21. The van der Waals surface area contributed by atoms with Crippen molar-refractivity contribution in [1.82, 2.24) is 9.29 Å². The fourth-order valence-electron chi connectivity index (χ4n) is 1.13. The zero-order valence-electron chi connectivity index (χ0n) is 6.13. The Bertz CT molecular complexity index is 294. The number of nitrogens with zero attached hydrogens (tertiary/aromatic N) is 1. The zero-order valence-corrected chi connectivity index (χ0v) is 6.94. The fraction of sp³-hybridized carbons (Fsp3) is 0.286. The van der Waals surface area contributed by atoms with Crippen molar-refractivity contribution in [3.8, 4) is 0 Å². The number of carbonyl (C=O) groups excluding carboxylic acids is 1. The zero-order chi connectivity index (χ0) is 7.84. The lowest BCUT2D eigenvalue weighted by Crippen LogP contribution is -2.24. The molecule has 1 aromatic rings. The van der Waals surface area contributed by atoms with Crippen LogP contribution in [0.5, 0.6) is 0 Å². The van der Waals surface area contributed by atoms with Crippen molar-refractivity contribution in [3.63, 3.8) is 0 Å². The number of aromatic amines is 1. The van der Waals surface area contributed by atoms with E-state index in [1.807, 2.05) is 17.4 Å². The van der Waals surface area contributed by atoms with Crippen LogP contribution in [0.25, 0.3) is 0 Å². The Labute approximate surface area is 68.9 Å². The lowest BCUT2D eigenvalue weighted by atomic mass is 10.3. The van der Waals surface area contributed by atoms with Gasteiger partial charge in [0.05, 0.1) is 17.1 Å². The van der Waals surface area contributed by atoms with Gasteiger partial charge in [-0.25, -0.2) is 4.31 Å². The highest BCUT2D eigenvalue weighted by molar-refractivity contribution is 7.97. The summed E-state index contributed by atoms with van der Waals surface area (Å²) in [6.07, 6.45) is 1.80. The number of fused-ring (bicyclic) bond motifs is 1. The maximum Gasteiger partial charge on any atom is 0.195 e. The van der Waals surface area contributed by atoms with Gasteiger partial charge >= 0.3 is 0 Å². The second-order valence-corrected chi connectivity index (χ2v) is 3.76. The smallest absolute Gasteiger partial charge is 0.195 e. The molecule has 4 heteroatoms. The van der Waals surface area contributed by atoms with Gasteiger partial charge in [-0.15, -0.1) is 0 Å². The molecule has 1 aliphatic rings. The molecule has 0 amide bonds. The summed E-state index contributed by atoms with van der Waals surface area (Å²) in [6, 6.07) is 1.92. The van der Waals surface area contributed by atoms with Crippen molar-refractivity contribution in [2.45, 2.75) is 4.90 Å². The van der Waals surface area contributed by atoms with Crippen LogP contribution in [-0.4, -0.2) is 28.7 Å². The van der Waals surface area contributed by atoms with E-state index < -0.39 is 0 Å². The Morgan fingerprint density at radius 3 is 3.36 bits per heavy atom. The first-order chi connectivity index (χ1) is 5.27. The number of ketones is 1. The van der Waals surface area contributed by atoms with E-state index in [2.05, 4.69) is 4.98 Å². The van der Waals surface area contributed by atoms with Crippen molar-refractivity contribution < 1.29 is 4.79 Å². The van der Waals surface area contributed by atoms with Gasteiger partial charge in [-0.2, -0.15) is 0 Å². The number of hydrogen-bond acceptors (Lipinski definition) is 3. The third kappa shape index (κ3) is 1.08. The predicted octanol–water partition coefficient (Wildman–Crippen LogP) is 1.15. The van der Waals surface area contributed by atoms with Crippen molar-refractivity contribution >= 4 is 17.7 Å². The average molecular weight is 168 g/mol. The molecule has 0 bridgehead atoms. The van der Waals surface area contributed by atoms with Crippen molar-refractivity contribution in [2.24, 2.45) is 0 Å². The SMILES string of the molecule is CN1CC(=O)c2[nH]ccc2S1. The third-order valence-electron chi connectivity index (χ3n) is 1.61. The first-order valence-corrected chi connectivity index (χ1v) is 4.14. The number of aromatic nitrogens is 1. The van der Waals surface area contributed by atoms with Gasteiger partial charge in [-0.3, -0.25) is 4.79 Å². The molecule has 11 heavy (non-hydrogen) atoms. The van der Waals surface area contributed by atoms with Gasteiger partial charge in [0.2, 0.25) is 0 Å². The van der Waals surface area contributed by atoms with Crippen molar-refractivity contribution in [3.05, 3.63) is 18.0 Å². The van der Waals surface area contributed by atoms with Gasteiger partial charge in [0.15, 0.2) is 5.78 Å². The minimum atomic E-state index is 0.172. The molecule has 0 unspecified atom stereocenters. The maximum absolute atomic E-state index is 11.3. The van der Waals surface area contributed by atoms with Crippen LogP contribution in [0.3, 0.4) is 0 Å². The number of rotatable bonds is 0. The minimum absolute atomic E-state index is 0.172. The fourth-order valence-corrected chi connectivity index (χ4v) is 2.04. The average Bonchev–Trinajstić information content (AvgIpc) is 2.34. The lowest BCUT2D eigenvalue weighted by molar-refractivity contribution is 0.0964. The highest BCUT2D eigenvalue weighted by Crippen LogP contribution is 2.28. The number of Topliss-reactive ketones (excluding diaryl/α,β-unsaturated/α-hetero) is 1. The van der Waals surface area contributed by atoms with E-state index in [1.54, 1.807) is 18.1 Å². The first-order valence-electron chi connectivity index (χ1n) is 3.37. The molecule has 0 radical (unpaired) electrons. The molecule has 1 aromatic heterocycles. The summed E-state index contributed by atoms with van der Waals surface area (Å²) in [6.45, 7) is 0.498. The van der Waals surface area contributed by atoms with Gasteiger partial charge in [0.1, 0.15) is 0 Å². The molecular weight excluding hydrogens is 160 g/mol. The number of hydrogen-bond donors (Lipinski definition) is 1. The summed E-state index contributed by atoms with van der Waals surface area (Å²) in [5.41, 5.74) is 0.758. The Morgan fingerprint density at radius 1 is 1.73 bits per heavy atom. The van der Waals surface area contributed by atoms with Crippen LogP contribution in [0.1, 0.15) is 10.5 Å². The van der Waals surface area contributed by atoms with Crippen LogP contribution in [-0.2, 0) is 0 Å². The summed E-state index contributed by atoms with van der Waals surface area (Å²) in [4.78, 5) is 15.2. The number of nitrogens with one attached hydrogen (secondary N) is 1. The van der Waals surface area contributed by atoms with E-state index in [0.717, 1.165) is 10.6 Å². The summed E-state index contributed by atoms with van der Waals surface area (Å²) in [5.74, 6) is 0.172. The van der Waals surface area contributed by atoms with Gasteiger partial charge in [-0.05, 0) is 25.1 Å². The second kappa shape index (κ2) is 2.39. The topological polar surface area (TPSA) is 36.1 Å². The monoisotopic (exact) mass is 168 g/mol. The molecule has 1 aliphatic heterocycles.